The molecule has 0 atom stereocenters. The van der Waals surface area contributed by atoms with Crippen LogP contribution in [-0.2, 0) is 4.74 Å². The summed E-state index contributed by atoms with van der Waals surface area (Å²) < 4.78 is 14.6. The molecule has 0 saturated carbocycles. The van der Waals surface area contributed by atoms with E-state index in [0.29, 0.717) is 11.5 Å². The van der Waals surface area contributed by atoms with E-state index in [2.05, 4.69) is 4.74 Å². The third-order valence-corrected chi connectivity index (χ3v) is 3.63. The number of ether oxygens (including phenoxy) is 3. The summed E-state index contributed by atoms with van der Waals surface area (Å²) in [5.41, 5.74) is -0.522. The molecule has 0 bridgehead atoms. The summed E-state index contributed by atoms with van der Waals surface area (Å²) in [6.45, 7) is 7.72. The molecule has 140 valence electrons. The molecular weight excluding hydrogens is 336 g/mol. The van der Waals surface area contributed by atoms with Gasteiger partial charge in [-0.25, -0.2) is 9.59 Å². The molecule has 1 N–H and O–H groups in total. The van der Waals surface area contributed by atoms with E-state index >= 15 is 0 Å². The highest BCUT2D eigenvalue weighted by atomic mass is 16.7. The van der Waals surface area contributed by atoms with Gasteiger partial charge in [-0.3, -0.25) is 0 Å². The van der Waals surface area contributed by atoms with Gasteiger partial charge in [0.2, 0.25) is 0 Å². The predicted molar refractivity (Wildman–Crippen MR) is 97.6 cm³/mol. The van der Waals surface area contributed by atoms with Crippen molar-refractivity contribution in [2.75, 3.05) is 0 Å². The molecule has 0 aromatic heterocycles. The van der Waals surface area contributed by atoms with E-state index in [1.165, 1.54) is 0 Å². The van der Waals surface area contributed by atoms with E-state index in [1.54, 1.807) is 54.6 Å². The van der Waals surface area contributed by atoms with Crippen molar-refractivity contribution in [1.29, 1.82) is 0 Å². The first-order valence-electron chi connectivity index (χ1n) is 8.12. The standard InChI is InChI=1S/C13H18O3.C7H6O3/c1-10(2)13(3,4)16-12(14)15-11-8-6-5-7-9-11;8-7(9)10-6-4-2-1-3-5-6/h5-10H,1-4H3;1-5H,(H,8,9). The number of rotatable bonds is 4. The van der Waals surface area contributed by atoms with E-state index < -0.39 is 17.9 Å². The minimum Gasteiger partial charge on any atom is -0.449 e. The fourth-order valence-electron chi connectivity index (χ4n) is 1.53. The quantitative estimate of drug-likeness (QED) is 0.582. The van der Waals surface area contributed by atoms with Gasteiger partial charge in [-0.15, -0.1) is 0 Å². The number of para-hydroxylation sites is 2. The van der Waals surface area contributed by atoms with Gasteiger partial charge in [-0.05, 0) is 44.0 Å². The van der Waals surface area contributed by atoms with E-state index in [0.717, 1.165) is 0 Å². The van der Waals surface area contributed by atoms with Crippen LogP contribution in [0.5, 0.6) is 11.5 Å². The Labute approximate surface area is 153 Å². The Morgan fingerprint density at radius 3 is 1.65 bits per heavy atom. The first-order valence-corrected chi connectivity index (χ1v) is 8.12. The molecule has 2 rings (SSSR count). The van der Waals surface area contributed by atoms with Gasteiger partial charge in [0, 0.05) is 0 Å². The molecule has 0 aliphatic carbocycles. The highest BCUT2D eigenvalue weighted by Gasteiger charge is 2.27. The van der Waals surface area contributed by atoms with Crippen LogP contribution in [0.2, 0.25) is 0 Å². The maximum absolute atomic E-state index is 11.5. The van der Waals surface area contributed by atoms with Crippen LogP contribution in [-0.4, -0.2) is 23.0 Å². The second-order valence-corrected chi connectivity index (χ2v) is 6.21. The molecule has 0 spiro atoms. The molecule has 2 aromatic carbocycles. The highest BCUT2D eigenvalue weighted by Crippen LogP contribution is 2.21. The molecule has 0 aliphatic heterocycles. The fraction of sp³-hybridized carbons (Fsp3) is 0.300. The van der Waals surface area contributed by atoms with Gasteiger partial charge >= 0.3 is 12.3 Å². The first kappa shape index (κ1) is 21.0. The van der Waals surface area contributed by atoms with Gasteiger partial charge < -0.3 is 19.3 Å². The molecule has 6 nitrogen and oxygen atoms in total. The predicted octanol–water partition coefficient (Wildman–Crippen LogP) is 5.38. The number of benzene rings is 2. The minimum atomic E-state index is -1.29. The Hall–Kier alpha value is -3.02. The summed E-state index contributed by atoms with van der Waals surface area (Å²) in [6.07, 6.45) is -1.95. The van der Waals surface area contributed by atoms with Crippen LogP contribution in [0.3, 0.4) is 0 Å². The summed E-state index contributed by atoms with van der Waals surface area (Å²) in [5.74, 6) is 1.07. The number of carbonyl (C=O) groups excluding carboxylic acids is 1. The van der Waals surface area contributed by atoms with Crippen molar-refractivity contribution >= 4 is 12.3 Å². The molecule has 26 heavy (non-hydrogen) atoms. The third kappa shape index (κ3) is 8.19. The molecule has 0 heterocycles. The lowest BCUT2D eigenvalue weighted by Gasteiger charge is -2.28. The lowest BCUT2D eigenvalue weighted by molar-refractivity contribution is -0.0189. The number of hydrogen-bond donors (Lipinski definition) is 1. The second kappa shape index (κ2) is 10.1. The normalized spacial score (nSPS) is 10.3. The Balaban J connectivity index is 0.000000289. The second-order valence-electron chi connectivity index (χ2n) is 6.21. The van der Waals surface area contributed by atoms with Crippen LogP contribution < -0.4 is 9.47 Å². The van der Waals surface area contributed by atoms with E-state index in [-0.39, 0.29) is 5.92 Å². The van der Waals surface area contributed by atoms with Crippen LogP contribution in [0, 0.1) is 5.92 Å². The molecule has 6 heteroatoms. The summed E-state index contributed by atoms with van der Waals surface area (Å²) >= 11 is 0. The van der Waals surface area contributed by atoms with Crippen molar-refractivity contribution in [2.24, 2.45) is 5.92 Å². The van der Waals surface area contributed by atoms with Crippen molar-refractivity contribution < 1.29 is 28.9 Å². The summed E-state index contributed by atoms with van der Waals surface area (Å²) in [5, 5.41) is 8.14. The SMILES string of the molecule is CC(C)C(C)(C)OC(=O)Oc1ccccc1.O=C(O)Oc1ccccc1. The third-order valence-electron chi connectivity index (χ3n) is 3.63. The van der Waals surface area contributed by atoms with Gasteiger partial charge in [0.1, 0.15) is 17.1 Å². The van der Waals surface area contributed by atoms with Gasteiger partial charge in [0.25, 0.3) is 0 Å². The smallest absolute Gasteiger partial charge is 0.449 e. The van der Waals surface area contributed by atoms with Gasteiger partial charge in [0.15, 0.2) is 0 Å². The zero-order valence-corrected chi connectivity index (χ0v) is 15.3. The molecule has 0 saturated heterocycles. The van der Waals surface area contributed by atoms with E-state index in [4.69, 9.17) is 14.6 Å². The van der Waals surface area contributed by atoms with Gasteiger partial charge in [-0.2, -0.15) is 0 Å². The lowest BCUT2D eigenvalue weighted by Crippen LogP contribution is -2.34. The molecule has 0 fully saturated rings. The van der Waals surface area contributed by atoms with Crippen molar-refractivity contribution in [3.05, 3.63) is 60.7 Å². The highest BCUT2D eigenvalue weighted by molar-refractivity contribution is 5.64. The Kier molecular flexibility index (Phi) is 8.15. The molecule has 0 unspecified atom stereocenters. The van der Waals surface area contributed by atoms with Crippen LogP contribution >= 0.6 is 0 Å². The number of carboxylic acid groups (broad SMARTS) is 1. The maximum Gasteiger partial charge on any atom is 0.514 e. The minimum absolute atomic E-state index is 0.232. The largest absolute Gasteiger partial charge is 0.514 e. The van der Waals surface area contributed by atoms with Crippen LogP contribution in [0.4, 0.5) is 9.59 Å². The van der Waals surface area contributed by atoms with Crippen LogP contribution in [0.1, 0.15) is 27.7 Å². The zero-order valence-electron chi connectivity index (χ0n) is 15.3. The van der Waals surface area contributed by atoms with Crippen molar-refractivity contribution in [3.8, 4) is 11.5 Å². The monoisotopic (exact) mass is 360 g/mol. The Morgan fingerprint density at radius 2 is 1.27 bits per heavy atom. The Bertz CT molecular complexity index is 680. The first-order chi connectivity index (χ1) is 12.2. The number of carbonyl (C=O) groups is 2. The maximum atomic E-state index is 11.5. The van der Waals surface area contributed by atoms with Crippen molar-refractivity contribution in [3.63, 3.8) is 0 Å². The summed E-state index contributed by atoms with van der Waals surface area (Å²) in [4.78, 5) is 21.4. The summed E-state index contributed by atoms with van der Waals surface area (Å²) in [7, 11) is 0. The Morgan fingerprint density at radius 1 is 0.846 bits per heavy atom. The zero-order chi connectivity index (χ0) is 19.6. The topological polar surface area (TPSA) is 82.1 Å². The van der Waals surface area contributed by atoms with Crippen molar-refractivity contribution in [1.82, 2.24) is 0 Å². The van der Waals surface area contributed by atoms with Gasteiger partial charge in [0.05, 0.1) is 0 Å². The van der Waals surface area contributed by atoms with Crippen LogP contribution in [0.15, 0.2) is 60.7 Å². The van der Waals surface area contributed by atoms with Crippen molar-refractivity contribution in [2.45, 2.75) is 33.3 Å². The number of hydrogen-bond acceptors (Lipinski definition) is 5. The average molecular weight is 360 g/mol. The fourth-order valence-corrected chi connectivity index (χ4v) is 1.53. The van der Waals surface area contributed by atoms with E-state index in [9.17, 15) is 9.59 Å². The molecule has 0 amide bonds. The summed E-state index contributed by atoms with van der Waals surface area (Å²) in [6, 6.07) is 17.2. The molecule has 0 radical (unpaired) electrons. The molecule has 2 aromatic rings. The van der Waals surface area contributed by atoms with E-state index in [1.807, 2.05) is 33.8 Å². The van der Waals surface area contributed by atoms with Crippen LogP contribution in [0.25, 0.3) is 0 Å². The van der Waals surface area contributed by atoms with Gasteiger partial charge in [-0.1, -0.05) is 50.2 Å². The average Bonchev–Trinajstić information content (AvgIpc) is 2.56. The molecule has 0 aliphatic rings. The lowest BCUT2D eigenvalue weighted by atomic mass is 9.95. The molecular formula is C20H24O6.